The van der Waals surface area contributed by atoms with E-state index in [1.807, 2.05) is 20.8 Å². The summed E-state index contributed by atoms with van der Waals surface area (Å²) in [4.78, 5) is 11.0. The van der Waals surface area contributed by atoms with Crippen molar-refractivity contribution in [3.63, 3.8) is 0 Å². The van der Waals surface area contributed by atoms with Crippen LogP contribution in [0.15, 0.2) is 0 Å². The largest absolute Gasteiger partial charge is 0.463 e. The Balaban J connectivity index is 3.32. The van der Waals surface area contributed by atoms with Crippen molar-refractivity contribution in [2.24, 2.45) is 0 Å². The minimum absolute atomic E-state index is 0.169. The molecule has 0 radical (unpaired) electrons. The van der Waals surface area contributed by atoms with Crippen molar-refractivity contribution in [2.75, 3.05) is 26.8 Å². The average molecular weight is 203 g/mol. The molecule has 0 unspecified atom stereocenters. The van der Waals surface area contributed by atoms with Crippen LogP contribution in [-0.4, -0.2) is 38.4 Å². The van der Waals surface area contributed by atoms with Crippen molar-refractivity contribution in [1.29, 1.82) is 0 Å². The van der Waals surface area contributed by atoms with Gasteiger partial charge in [0, 0.05) is 6.54 Å². The second-order valence-electron chi connectivity index (χ2n) is 4.03. The fourth-order valence-electron chi connectivity index (χ4n) is 0.803. The van der Waals surface area contributed by atoms with Crippen LogP contribution < -0.4 is 5.32 Å². The number of nitrogens with one attached hydrogen (secondary N) is 1. The lowest BCUT2D eigenvalue weighted by molar-refractivity contribution is -0.146. The van der Waals surface area contributed by atoms with Crippen LogP contribution in [-0.2, 0) is 14.3 Å². The number of ether oxygens (including phenoxy) is 2. The van der Waals surface area contributed by atoms with Crippen molar-refractivity contribution >= 4 is 5.97 Å². The predicted octanol–water partition coefficient (Wildman–Crippen LogP) is 0.954. The summed E-state index contributed by atoms with van der Waals surface area (Å²) in [5, 5.41) is 2.88. The number of carbonyl (C=O) groups is 1. The third-order valence-corrected chi connectivity index (χ3v) is 1.46. The maximum atomic E-state index is 11.0. The summed E-state index contributed by atoms with van der Waals surface area (Å²) < 4.78 is 10.3. The Labute approximate surface area is 86.0 Å². The van der Waals surface area contributed by atoms with Crippen LogP contribution in [0, 0.1) is 0 Å². The lowest BCUT2D eigenvalue weighted by Crippen LogP contribution is -2.23. The summed E-state index contributed by atoms with van der Waals surface area (Å²) in [5.74, 6) is -0.183. The van der Waals surface area contributed by atoms with Crippen molar-refractivity contribution in [1.82, 2.24) is 5.32 Å². The smallest absolute Gasteiger partial charge is 0.307 e. The summed E-state index contributed by atoms with van der Waals surface area (Å²) in [5.41, 5.74) is -0.169. The van der Waals surface area contributed by atoms with Crippen molar-refractivity contribution in [2.45, 2.75) is 32.8 Å². The maximum absolute atomic E-state index is 11.0. The molecule has 0 aliphatic carbocycles. The Morgan fingerprint density at radius 2 is 1.93 bits per heavy atom. The van der Waals surface area contributed by atoms with E-state index in [4.69, 9.17) is 9.47 Å². The molecule has 4 heteroatoms. The summed E-state index contributed by atoms with van der Waals surface area (Å²) in [6.45, 7) is 7.34. The van der Waals surface area contributed by atoms with Gasteiger partial charge in [0.1, 0.15) is 6.61 Å². The van der Waals surface area contributed by atoms with Gasteiger partial charge >= 0.3 is 5.97 Å². The molecule has 0 fully saturated rings. The van der Waals surface area contributed by atoms with Crippen molar-refractivity contribution < 1.29 is 14.3 Å². The zero-order valence-corrected chi connectivity index (χ0v) is 9.55. The third-order valence-electron chi connectivity index (χ3n) is 1.46. The van der Waals surface area contributed by atoms with Crippen LogP contribution >= 0.6 is 0 Å². The molecule has 0 bridgehead atoms. The molecule has 0 aromatic heterocycles. The van der Waals surface area contributed by atoms with E-state index in [1.54, 1.807) is 7.05 Å². The van der Waals surface area contributed by atoms with Crippen LogP contribution in [0.3, 0.4) is 0 Å². The van der Waals surface area contributed by atoms with Crippen LogP contribution in [0.4, 0.5) is 0 Å². The van der Waals surface area contributed by atoms with E-state index in [9.17, 15) is 4.79 Å². The Hall–Kier alpha value is -0.610. The Kier molecular flexibility index (Phi) is 6.49. The van der Waals surface area contributed by atoms with Gasteiger partial charge in [-0.2, -0.15) is 0 Å². The molecule has 0 saturated heterocycles. The van der Waals surface area contributed by atoms with Gasteiger partial charge in [0.05, 0.1) is 18.6 Å². The monoisotopic (exact) mass is 203 g/mol. The first-order chi connectivity index (χ1) is 6.45. The molecule has 0 aliphatic heterocycles. The zero-order chi connectivity index (χ0) is 11.0. The first-order valence-electron chi connectivity index (χ1n) is 4.90. The van der Waals surface area contributed by atoms with E-state index in [0.717, 1.165) is 0 Å². The fourth-order valence-corrected chi connectivity index (χ4v) is 0.803. The second kappa shape index (κ2) is 6.79. The van der Waals surface area contributed by atoms with Gasteiger partial charge in [-0.3, -0.25) is 4.79 Å². The SMILES string of the molecule is CNCCC(=O)OCCOC(C)(C)C. The van der Waals surface area contributed by atoms with Gasteiger partial charge in [-0.25, -0.2) is 0 Å². The molecule has 84 valence electrons. The minimum Gasteiger partial charge on any atom is -0.463 e. The van der Waals surface area contributed by atoms with Gasteiger partial charge in [-0.05, 0) is 27.8 Å². The fraction of sp³-hybridized carbons (Fsp3) is 0.900. The first-order valence-corrected chi connectivity index (χ1v) is 4.90. The van der Waals surface area contributed by atoms with Crippen LogP contribution in [0.1, 0.15) is 27.2 Å². The van der Waals surface area contributed by atoms with E-state index in [2.05, 4.69) is 5.32 Å². The maximum Gasteiger partial charge on any atom is 0.307 e. The molecule has 0 aromatic carbocycles. The van der Waals surface area contributed by atoms with Gasteiger partial charge in [0.15, 0.2) is 0 Å². The zero-order valence-electron chi connectivity index (χ0n) is 9.55. The van der Waals surface area contributed by atoms with Crippen LogP contribution in [0.5, 0.6) is 0 Å². The minimum atomic E-state index is -0.183. The van der Waals surface area contributed by atoms with Gasteiger partial charge in [-0.1, -0.05) is 0 Å². The topological polar surface area (TPSA) is 47.6 Å². The predicted molar refractivity (Wildman–Crippen MR) is 55.2 cm³/mol. The number of hydrogen-bond donors (Lipinski definition) is 1. The lowest BCUT2D eigenvalue weighted by Gasteiger charge is -2.19. The molecule has 0 amide bonds. The van der Waals surface area contributed by atoms with Crippen LogP contribution in [0.2, 0.25) is 0 Å². The highest BCUT2D eigenvalue weighted by atomic mass is 16.6. The molecular weight excluding hydrogens is 182 g/mol. The molecule has 0 aromatic rings. The van der Waals surface area contributed by atoms with Crippen molar-refractivity contribution in [3.8, 4) is 0 Å². The van der Waals surface area contributed by atoms with Crippen LogP contribution in [0.25, 0.3) is 0 Å². The van der Waals surface area contributed by atoms with Crippen molar-refractivity contribution in [3.05, 3.63) is 0 Å². The molecule has 0 heterocycles. The van der Waals surface area contributed by atoms with Gasteiger partial charge in [-0.15, -0.1) is 0 Å². The Bertz CT molecular complexity index is 163. The standard InChI is InChI=1S/C10H21NO3/c1-10(2,3)14-8-7-13-9(12)5-6-11-4/h11H,5-8H2,1-4H3. The summed E-state index contributed by atoms with van der Waals surface area (Å²) in [6, 6.07) is 0. The third kappa shape index (κ3) is 9.48. The van der Waals surface area contributed by atoms with E-state index in [-0.39, 0.29) is 11.6 Å². The molecule has 0 atom stereocenters. The Morgan fingerprint density at radius 1 is 1.29 bits per heavy atom. The summed E-state index contributed by atoms with van der Waals surface area (Å²) in [6.07, 6.45) is 0.409. The molecule has 0 rings (SSSR count). The second-order valence-corrected chi connectivity index (χ2v) is 4.03. The number of hydrogen-bond acceptors (Lipinski definition) is 4. The number of esters is 1. The molecule has 0 aliphatic rings. The molecular formula is C10H21NO3. The average Bonchev–Trinajstić information content (AvgIpc) is 2.07. The highest BCUT2D eigenvalue weighted by Gasteiger charge is 2.09. The number of rotatable bonds is 6. The lowest BCUT2D eigenvalue weighted by atomic mass is 10.2. The first kappa shape index (κ1) is 13.4. The summed E-state index contributed by atoms with van der Waals surface area (Å²) in [7, 11) is 1.80. The molecule has 0 saturated carbocycles. The van der Waals surface area contributed by atoms with E-state index in [1.165, 1.54) is 0 Å². The highest BCUT2D eigenvalue weighted by molar-refractivity contribution is 5.69. The number of carbonyl (C=O) groups excluding carboxylic acids is 1. The molecule has 4 nitrogen and oxygen atoms in total. The van der Waals surface area contributed by atoms with Gasteiger partial charge in [0.2, 0.25) is 0 Å². The van der Waals surface area contributed by atoms with E-state index >= 15 is 0 Å². The Morgan fingerprint density at radius 3 is 2.43 bits per heavy atom. The quantitative estimate of drug-likeness (QED) is 0.516. The molecule has 0 spiro atoms. The molecule has 1 N–H and O–H groups in total. The van der Waals surface area contributed by atoms with Gasteiger partial charge < -0.3 is 14.8 Å². The van der Waals surface area contributed by atoms with Gasteiger partial charge in [0.25, 0.3) is 0 Å². The highest BCUT2D eigenvalue weighted by Crippen LogP contribution is 2.05. The van der Waals surface area contributed by atoms with E-state index < -0.39 is 0 Å². The summed E-state index contributed by atoms with van der Waals surface area (Å²) >= 11 is 0. The molecule has 14 heavy (non-hydrogen) atoms. The van der Waals surface area contributed by atoms with E-state index in [0.29, 0.717) is 26.2 Å². The normalized spacial score (nSPS) is 11.4.